The molecule has 1 aliphatic carbocycles. The summed E-state index contributed by atoms with van der Waals surface area (Å²) >= 11 is 0. The van der Waals surface area contributed by atoms with Crippen LogP contribution in [0.1, 0.15) is 40.5 Å². The third-order valence-corrected chi connectivity index (χ3v) is 4.26. The molecule has 0 aromatic rings. The van der Waals surface area contributed by atoms with E-state index < -0.39 is 36.2 Å². The molecule has 136 valence electrons. The maximum absolute atomic E-state index is 12.0. The van der Waals surface area contributed by atoms with E-state index in [4.69, 9.17) is 14.2 Å². The van der Waals surface area contributed by atoms with Crippen LogP contribution in [0.3, 0.4) is 0 Å². The van der Waals surface area contributed by atoms with Crippen molar-refractivity contribution in [1.82, 2.24) is 0 Å². The zero-order valence-corrected chi connectivity index (χ0v) is 15.0. The molecule has 0 aromatic heterocycles. The van der Waals surface area contributed by atoms with Crippen molar-refractivity contribution < 1.29 is 28.6 Å². The molecule has 2 aliphatic rings. The molecule has 6 heteroatoms. The lowest BCUT2D eigenvalue weighted by Crippen LogP contribution is -2.33. The minimum Gasteiger partial charge on any atom is -0.461 e. The van der Waals surface area contributed by atoms with Crippen LogP contribution in [0, 0.1) is 5.92 Å². The Labute approximate surface area is 147 Å². The molecule has 1 aliphatic heterocycles. The van der Waals surface area contributed by atoms with Crippen LogP contribution in [-0.4, -0.2) is 36.2 Å². The van der Waals surface area contributed by atoms with Gasteiger partial charge in [-0.3, -0.25) is 9.59 Å². The lowest BCUT2D eigenvalue weighted by molar-refractivity contribution is -0.149. The Morgan fingerprint density at radius 2 is 1.68 bits per heavy atom. The van der Waals surface area contributed by atoms with Crippen LogP contribution >= 0.6 is 0 Å². The number of rotatable bonds is 2. The van der Waals surface area contributed by atoms with E-state index in [0.717, 1.165) is 11.1 Å². The molecular formula is C19H24O6. The zero-order chi connectivity index (χ0) is 18.7. The highest BCUT2D eigenvalue weighted by molar-refractivity contribution is 5.91. The van der Waals surface area contributed by atoms with Crippen molar-refractivity contribution in [2.45, 2.75) is 58.8 Å². The fourth-order valence-electron chi connectivity index (χ4n) is 3.35. The predicted molar refractivity (Wildman–Crippen MR) is 90.4 cm³/mol. The molecular weight excluding hydrogens is 324 g/mol. The summed E-state index contributed by atoms with van der Waals surface area (Å²) in [5.41, 5.74) is 2.12. The van der Waals surface area contributed by atoms with E-state index in [1.165, 1.54) is 13.8 Å². The van der Waals surface area contributed by atoms with Gasteiger partial charge in [-0.1, -0.05) is 17.7 Å². The summed E-state index contributed by atoms with van der Waals surface area (Å²) in [6.45, 7) is 10.3. The second kappa shape index (κ2) is 7.68. The Morgan fingerprint density at radius 3 is 2.28 bits per heavy atom. The van der Waals surface area contributed by atoms with Gasteiger partial charge in [-0.2, -0.15) is 0 Å². The molecule has 1 saturated heterocycles. The van der Waals surface area contributed by atoms with Crippen molar-refractivity contribution in [3.05, 3.63) is 35.5 Å². The van der Waals surface area contributed by atoms with Gasteiger partial charge in [0.2, 0.25) is 0 Å². The van der Waals surface area contributed by atoms with Gasteiger partial charge in [0.15, 0.2) is 0 Å². The monoisotopic (exact) mass is 348 g/mol. The smallest absolute Gasteiger partial charge is 0.334 e. The fourth-order valence-corrected chi connectivity index (χ4v) is 3.35. The second-order valence-electron chi connectivity index (χ2n) is 6.65. The minimum absolute atomic E-state index is 0.310. The molecule has 0 aromatic carbocycles. The Balaban J connectivity index is 2.42. The zero-order valence-electron chi connectivity index (χ0n) is 15.0. The van der Waals surface area contributed by atoms with Crippen LogP contribution in [0.15, 0.2) is 35.5 Å². The highest BCUT2D eigenvalue weighted by Gasteiger charge is 2.44. The first-order valence-electron chi connectivity index (χ1n) is 8.26. The molecule has 0 radical (unpaired) electrons. The summed E-state index contributed by atoms with van der Waals surface area (Å²) in [6, 6.07) is 0. The summed E-state index contributed by atoms with van der Waals surface area (Å²) in [7, 11) is 0. The summed E-state index contributed by atoms with van der Waals surface area (Å²) in [6.07, 6.45) is 3.05. The lowest BCUT2D eigenvalue weighted by atomic mass is 9.85. The van der Waals surface area contributed by atoms with Crippen molar-refractivity contribution >= 4 is 17.9 Å². The SMILES string of the molecule is C=C1C(=O)OC2C=C(C)CC(OC(C)=O)C=C(C)CC(OC(C)=O)C12. The standard InChI is InChI=1S/C19H24O6/c1-10-6-15(23-13(4)20)7-11(2)9-17-18(12(3)19(22)25-17)16(8-10)24-14(5)21/h6,9,15-18H,3,7-8H2,1-2,4-5H3. The van der Waals surface area contributed by atoms with Gasteiger partial charge in [-0.15, -0.1) is 0 Å². The van der Waals surface area contributed by atoms with Crippen LogP contribution < -0.4 is 0 Å². The van der Waals surface area contributed by atoms with E-state index in [0.29, 0.717) is 18.4 Å². The summed E-state index contributed by atoms with van der Waals surface area (Å²) in [5, 5.41) is 0. The molecule has 1 heterocycles. The van der Waals surface area contributed by atoms with Crippen LogP contribution in [0.4, 0.5) is 0 Å². The van der Waals surface area contributed by atoms with Crippen LogP contribution in [0.5, 0.6) is 0 Å². The highest BCUT2D eigenvalue weighted by Crippen LogP contribution is 2.36. The van der Waals surface area contributed by atoms with Crippen molar-refractivity contribution in [2.24, 2.45) is 5.92 Å². The van der Waals surface area contributed by atoms with E-state index in [1.807, 2.05) is 26.0 Å². The molecule has 4 unspecified atom stereocenters. The second-order valence-corrected chi connectivity index (χ2v) is 6.65. The van der Waals surface area contributed by atoms with Gasteiger partial charge in [0, 0.05) is 32.3 Å². The fraction of sp³-hybridized carbons (Fsp3) is 0.526. The van der Waals surface area contributed by atoms with E-state index in [2.05, 4.69) is 6.58 Å². The van der Waals surface area contributed by atoms with E-state index in [1.54, 1.807) is 0 Å². The molecule has 4 atom stereocenters. The summed E-state index contributed by atoms with van der Waals surface area (Å²) < 4.78 is 16.2. The largest absolute Gasteiger partial charge is 0.461 e. The summed E-state index contributed by atoms with van der Waals surface area (Å²) in [4.78, 5) is 34.9. The topological polar surface area (TPSA) is 78.9 Å². The number of carbonyl (C=O) groups excluding carboxylic acids is 3. The summed E-state index contributed by atoms with van der Waals surface area (Å²) in [5.74, 6) is -1.71. The molecule has 1 fully saturated rings. The predicted octanol–water partition coefficient (Wildman–Crippen LogP) is 2.63. The average Bonchev–Trinajstić information content (AvgIpc) is 2.70. The van der Waals surface area contributed by atoms with Crippen molar-refractivity contribution in [1.29, 1.82) is 0 Å². The Bertz CT molecular complexity index is 657. The number of fused-ring (bicyclic) bond motifs is 1. The van der Waals surface area contributed by atoms with Gasteiger partial charge in [0.25, 0.3) is 0 Å². The molecule has 0 amide bonds. The van der Waals surface area contributed by atoms with Crippen LogP contribution in [0.25, 0.3) is 0 Å². The van der Waals surface area contributed by atoms with Gasteiger partial charge >= 0.3 is 17.9 Å². The van der Waals surface area contributed by atoms with Gasteiger partial charge in [0.05, 0.1) is 5.92 Å². The average molecular weight is 348 g/mol. The number of hydrogen-bond donors (Lipinski definition) is 0. The Morgan fingerprint density at radius 1 is 1.08 bits per heavy atom. The Hall–Kier alpha value is -2.37. The van der Waals surface area contributed by atoms with Gasteiger partial charge in [-0.05, 0) is 26.0 Å². The highest BCUT2D eigenvalue weighted by atomic mass is 16.6. The van der Waals surface area contributed by atoms with Gasteiger partial charge < -0.3 is 14.2 Å². The van der Waals surface area contributed by atoms with Crippen LogP contribution in [-0.2, 0) is 28.6 Å². The molecule has 0 spiro atoms. The van der Waals surface area contributed by atoms with Crippen LogP contribution in [0.2, 0.25) is 0 Å². The minimum atomic E-state index is -0.571. The third kappa shape index (κ3) is 4.81. The number of carbonyl (C=O) groups is 3. The quantitative estimate of drug-likeness (QED) is 0.330. The maximum atomic E-state index is 12.0. The molecule has 0 saturated carbocycles. The Kier molecular flexibility index (Phi) is 5.82. The van der Waals surface area contributed by atoms with Crippen molar-refractivity contribution in [3.63, 3.8) is 0 Å². The van der Waals surface area contributed by atoms with Gasteiger partial charge in [-0.25, -0.2) is 4.79 Å². The first kappa shape index (κ1) is 19.0. The molecule has 0 N–H and O–H groups in total. The van der Waals surface area contributed by atoms with E-state index in [-0.39, 0.29) is 5.97 Å². The lowest BCUT2D eigenvalue weighted by Gasteiger charge is -2.27. The van der Waals surface area contributed by atoms with E-state index >= 15 is 0 Å². The molecule has 25 heavy (non-hydrogen) atoms. The normalized spacial score (nSPS) is 29.8. The molecule has 2 rings (SSSR count). The van der Waals surface area contributed by atoms with Gasteiger partial charge in [0.1, 0.15) is 18.3 Å². The van der Waals surface area contributed by atoms with E-state index in [9.17, 15) is 14.4 Å². The molecule has 6 nitrogen and oxygen atoms in total. The maximum Gasteiger partial charge on any atom is 0.334 e. The van der Waals surface area contributed by atoms with Crippen molar-refractivity contribution in [2.75, 3.05) is 0 Å². The number of esters is 3. The number of hydrogen-bond acceptors (Lipinski definition) is 6. The number of ether oxygens (including phenoxy) is 3. The van der Waals surface area contributed by atoms with Crippen molar-refractivity contribution in [3.8, 4) is 0 Å². The first-order chi connectivity index (χ1) is 11.7. The third-order valence-electron chi connectivity index (χ3n) is 4.26. The molecule has 0 bridgehead atoms. The first-order valence-corrected chi connectivity index (χ1v) is 8.26.